The molecule has 1 aliphatic heterocycles. The summed E-state index contributed by atoms with van der Waals surface area (Å²) in [6.07, 6.45) is 4.36. The van der Waals surface area contributed by atoms with Gasteiger partial charge < -0.3 is 15.2 Å². The van der Waals surface area contributed by atoms with E-state index in [9.17, 15) is 4.79 Å². The van der Waals surface area contributed by atoms with E-state index in [-0.39, 0.29) is 29.5 Å². The summed E-state index contributed by atoms with van der Waals surface area (Å²) < 4.78 is 1.71. The number of nitrogens with one attached hydrogen (secondary N) is 2. The van der Waals surface area contributed by atoms with Crippen molar-refractivity contribution in [1.82, 2.24) is 20.1 Å². The fraction of sp³-hybridized carbons (Fsp3) is 0.455. The van der Waals surface area contributed by atoms with Gasteiger partial charge in [-0.15, -0.1) is 24.0 Å². The van der Waals surface area contributed by atoms with Crippen LogP contribution in [0, 0.1) is 0 Å². The molecule has 2 heterocycles. The van der Waals surface area contributed by atoms with E-state index in [1.165, 1.54) is 24.9 Å². The lowest BCUT2D eigenvalue weighted by molar-refractivity contribution is 0.267. The third-order valence-electron chi connectivity index (χ3n) is 5.37. The summed E-state index contributed by atoms with van der Waals surface area (Å²) >= 11 is 0. The van der Waals surface area contributed by atoms with Gasteiger partial charge in [-0.25, -0.2) is 0 Å². The van der Waals surface area contributed by atoms with Crippen molar-refractivity contribution in [3.8, 4) is 0 Å². The lowest BCUT2D eigenvalue weighted by atomic mass is 10.1. The van der Waals surface area contributed by atoms with Crippen LogP contribution in [-0.4, -0.2) is 48.2 Å². The summed E-state index contributed by atoms with van der Waals surface area (Å²) in [5.41, 5.74) is 2.32. The summed E-state index contributed by atoms with van der Waals surface area (Å²) in [4.78, 5) is 18.7. The van der Waals surface area contributed by atoms with Crippen LogP contribution in [0.4, 0.5) is 0 Å². The fourth-order valence-corrected chi connectivity index (χ4v) is 3.71. The van der Waals surface area contributed by atoms with Crippen LogP contribution in [0.15, 0.2) is 58.4 Å². The predicted molar refractivity (Wildman–Crippen MR) is 130 cm³/mol. The van der Waals surface area contributed by atoms with E-state index < -0.39 is 0 Å². The zero-order valence-corrected chi connectivity index (χ0v) is 19.6. The molecule has 158 valence electrons. The Morgan fingerprint density at radius 2 is 1.90 bits per heavy atom. The van der Waals surface area contributed by atoms with Crippen LogP contribution in [0.1, 0.15) is 30.9 Å². The summed E-state index contributed by atoms with van der Waals surface area (Å²) in [5, 5.41) is 6.84. The highest BCUT2D eigenvalue weighted by molar-refractivity contribution is 14.0. The Bertz CT molecular complexity index is 834. The van der Waals surface area contributed by atoms with Gasteiger partial charge in [0.05, 0.1) is 6.54 Å². The molecule has 0 amide bonds. The van der Waals surface area contributed by atoms with Gasteiger partial charge in [-0.05, 0) is 43.1 Å². The highest BCUT2D eigenvalue weighted by Gasteiger charge is 2.22. The van der Waals surface area contributed by atoms with Gasteiger partial charge in [0.2, 0.25) is 0 Å². The molecule has 1 saturated heterocycles. The van der Waals surface area contributed by atoms with Crippen molar-refractivity contribution in [2.24, 2.45) is 4.99 Å². The molecule has 1 aliphatic rings. The molecule has 1 aromatic heterocycles. The van der Waals surface area contributed by atoms with Crippen LogP contribution < -0.4 is 16.2 Å². The number of rotatable bonds is 7. The Labute approximate surface area is 190 Å². The Morgan fingerprint density at radius 3 is 2.59 bits per heavy atom. The van der Waals surface area contributed by atoms with Crippen LogP contribution in [0.25, 0.3) is 0 Å². The summed E-state index contributed by atoms with van der Waals surface area (Å²) in [6.45, 7) is 6.77. The van der Waals surface area contributed by atoms with Crippen molar-refractivity contribution in [1.29, 1.82) is 0 Å². The summed E-state index contributed by atoms with van der Waals surface area (Å²) in [5.74, 6) is 0.836. The van der Waals surface area contributed by atoms with Gasteiger partial charge >= 0.3 is 0 Å². The van der Waals surface area contributed by atoms with Crippen molar-refractivity contribution in [2.45, 2.75) is 38.9 Å². The van der Waals surface area contributed by atoms with E-state index >= 15 is 0 Å². The van der Waals surface area contributed by atoms with E-state index in [0.29, 0.717) is 19.1 Å². The van der Waals surface area contributed by atoms with Gasteiger partial charge in [-0.2, -0.15) is 0 Å². The Hall–Kier alpha value is -1.87. The molecule has 1 unspecified atom stereocenters. The SMILES string of the molecule is CCN1CCCC1CNC(=NC)NCc1ccc(Cn2ccccc2=O)cc1.I. The lowest BCUT2D eigenvalue weighted by Gasteiger charge is -2.24. The number of hydrogen-bond acceptors (Lipinski definition) is 3. The highest BCUT2D eigenvalue weighted by Crippen LogP contribution is 2.15. The number of likely N-dealkylation sites (tertiary alicyclic amines) is 1. The number of halogens is 1. The molecule has 0 saturated carbocycles. The second-order valence-electron chi connectivity index (χ2n) is 7.21. The third kappa shape index (κ3) is 6.85. The summed E-state index contributed by atoms with van der Waals surface area (Å²) in [6, 6.07) is 14.2. The van der Waals surface area contributed by atoms with E-state index in [0.717, 1.165) is 24.6 Å². The minimum Gasteiger partial charge on any atom is -0.355 e. The first-order valence-electron chi connectivity index (χ1n) is 10.1. The molecule has 0 radical (unpaired) electrons. The van der Waals surface area contributed by atoms with Gasteiger partial charge in [0, 0.05) is 38.4 Å². The smallest absolute Gasteiger partial charge is 0.250 e. The molecule has 1 aromatic carbocycles. The van der Waals surface area contributed by atoms with E-state index in [1.54, 1.807) is 16.7 Å². The minimum absolute atomic E-state index is 0. The topological polar surface area (TPSA) is 61.7 Å². The van der Waals surface area contributed by atoms with Crippen molar-refractivity contribution in [3.05, 3.63) is 70.1 Å². The maximum atomic E-state index is 11.8. The number of nitrogens with zero attached hydrogens (tertiary/aromatic N) is 3. The van der Waals surface area contributed by atoms with Crippen LogP contribution in [0.3, 0.4) is 0 Å². The van der Waals surface area contributed by atoms with E-state index in [1.807, 2.05) is 19.3 Å². The molecule has 7 heteroatoms. The van der Waals surface area contributed by atoms with Crippen molar-refractivity contribution in [3.63, 3.8) is 0 Å². The van der Waals surface area contributed by atoms with Gasteiger partial charge in [0.25, 0.3) is 5.56 Å². The Morgan fingerprint density at radius 1 is 1.14 bits per heavy atom. The van der Waals surface area contributed by atoms with Crippen molar-refractivity contribution < 1.29 is 0 Å². The highest BCUT2D eigenvalue weighted by atomic mass is 127. The molecule has 0 spiro atoms. The number of pyridine rings is 1. The first-order valence-corrected chi connectivity index (χ1v) is 10.1. The zero-order chi connectivity index (χ0) is 19.8. The maximum absolute atomic E-state index is 11.8. The summed E-state index contributed by atoms with van der Waals surface area (Å²) in [7, 11) is 1.81. The number of hydrogen-bond donors (Lipinski definition) is 2. The second kappa shape index (κ2) is 12.0. The van der Waals surface area contributed by atoms with Crippen molar-refractivity contribution in [2.75, 3.05) is 26.7 Å². The molecule has 6 nitrogen and oxygen atoms in total. The minimum atomic E-state index is 0. The molecule has 2 N–H and O–H groups in total. The predicted octanol–water partition coefficient (Wildman–Crippen LogP) is 2.66. The van der Waals surface area contributed by atoms with Gasteiger partial charge in [-0.3, -0.25) is 14.7 Å². The molecule has 0 aliphatic carbocycles. The van der Waals surface area contributed by atoms with Gasteiger partial charge in [-0.1, -0.05) is 37.3 Å². The van der Waals surface area contributed by atoms with Crippen molar-refractivity contribution >= 4 is 29.9 Å². The van der Waals surface area contributed by atoms with Crippen LogP contribution in [0.5, 0.6) is 0 Å². The molecular formula is C22H32IN5O. The van der Waals surface area contributed by atoms with E-state index in [4.69, 9.17) is 0 Å². The molecule has 0 bridgehead atoms. The number of aliphatic imine (C=N–C) groups is 1. The van der Waals surface area contributed by atoms with Crippen LogP contribution in [0.2, 0.25) is 0 Å². The van der Waals surface area contributed by atoms with Gasteiger partial charge in [0.15, 0.2) is 5.96 Å². The first-order chi connectivity index (χ1) is 13.7. The monoisotopic (exact) mass is 509 g/mol. The standard InChI is InChI=1S/C22H31N5O.HI/c1-3-26-14-6-7-20(26)16-25-22(23-2)24-15-18-9-11-19(12-10-18)17-27-13-5-4-8-21(27)28;/h4-5,8-13,20H,3,6-7,14-17H2,1-2H3,(H2,23,24,25);1H. The first kappa shape index (κ1) is 23.4. The number of likely N-dealkylation sites (N-methyl/N-ethyl adjacent to an activating group) is 1. The van der Waals surface area contributed by atoms with Crippen LogP contribution in [-0.2, 0) is 13.1 Å². The average Bonchev–Trinajstić information content (AvgIpc) is 3.18. The molecule has 2 aromatic rings. The lowest BCUT2D eigenvalue weighted by Crippen LogP contribution is -2.44. The normalized spacial score (nSPS) is 17.0. The van der Waals surface area contributed by atoms with Crippen LogP contribution >= 0.6 is 24.0 Å². The molecule has 1 atom stereocenters. The maximum Gasteiger partial charge on any atom is 0.250 e. The number of guanidine groups is 1. The number of aromatic nitrogens is 1. The second-order valence-corrected chi connectivity index (χ2v) is 7.21. The molecule has 1 fully saturated rings. The molecule has 3 rings (SSSR count). The molecule has 29 heavy (non-hydrogen) atoms. The fourth-order valence-electron chi connectivity index (χ4n) is 3.71. The van der Waals surface area contributed by atoms with Gasteiger partial charge in [0.1, 0.15) is 0 Å². The molecular weight excluding hydrogens is 477 g/mol. The quantitative estimate of drug-likeness (QED) is 0.343. The third-order valence-corrected chi connectivity index (χ3v) is 5.37. The zero-order valence-electron chi connectivity index (χ0n) is 17.3. The largest absolute Gasteiger partial charge is 0.355 e. The number of benzene rings is 1. The average molecular weight is 509 g/mol. The Kier molecular flexibility index (Phi) is 9.66. The Balaban J connectivity index is 0.00000300. The van der Waals surface area contributed by atoms with E-state index in [2.05, 4.69) is 51.7 Å².